The number of amides is 1. The lowest BCUT2D eigenvalue weighted by molar-refractivity contribution is 0.0314. The van der Waals surface area contributed by atoms with Gasteiger partial charge in [0, 0.05) is 13.1 Å². The third-order valence-corrected chi connectivity index (χ3v) is 3.68. The molecule has 0 aliphatic heterocycles. The summed E-state index contributed by atoms with van der Waals surface area (Å²) in [4.78, 5) is 14.5. The molecule has 0 spiro atoms. The smallest absolute Gasteiger partial charge is 0.257 e. The molecule has 1 amide bonds. The van der Waals surface area contributed by atoms with Crippen molar-refractivity contribution in [2.24, 2.45) is 0 Å². The predicted octanol–water partition coefficient (Wildman–Crippen LogP) is 2.67. The molecule has 23 heavy (non-hydrogen) atoms. The Hall–Kier alpha value is -2.14. The monoisotopic (exact) mass is 315 g/mol. The summed E-state index contributed by atoms with van der Waals surface area (Å²) in [5, 5.41) is 14.4. The molecule has 0 atom stereocenters. The summed E-state index contributed by atoms with van der Waals surface area (Å²) in [6.07, 6.45) is 2.33. The van der Waals surface area contributed by atoms with Crippen molar-refractivity contribution in [2.45, 2.75) is 39.7 Å². The van der Waals surface area contributed by atoms with Crippen molar-refractivity contribution in [3.05, 3.63) is 47.8 Å². The molecule has 0 aliphatic carbocycles. The number of hydrogen-bond acceptors (Lipinski definition) is 3. The molecular formula is C18H25N3O2. The molecule has 2 rings (SSSR count). The van der Waals surface area contributed by atoms with Gasteiger partial charge in [-0.1, -0.05) is 25.1 Å². The van der Waals surface area contributed by atoms with Crippen LogP contribution in [0, 0.1) is 0 Å². The van der Waals surface area contributed by atoms with Crippen LogP contribution >= 0.6 is 0 Å². The van der Waals surface area contributed by atoms with Gasteiger partial charge < -0.3 is 10.0 Å². The first-order valence-corrected chi connectivity index (χ1v) is 8.01. The lowest BCUT2D eigenvalue weighted by Crippen LogP contribution is -2.42. The quantitative estimate of drug-likeness (QED) is 0.891. The number of carbonyl (C=O) groups is 1. The largest absolute Gasteiger partial charge is 0.389 e. The zero-order chi connectivity index (χ0) is 17.0. The molecule has 0 radical (unpaired) electrons. The van der Waals surface area contributed by atoms with E-state index in [1.54, 1.807) is 24.9 Å². The summed E-state index contributed by atoms with van der Waals surface area (Å²) in [5.74, 6) is -0.0892. The topological polar surface area (TPSA) is 58.4 Å². The van der Waals surface area contributed by atoms with E-state index in [0.29, 0.717) is 25.1 Å². The van der Waals surface area contributed by atoms with Crippen LogP contribution in [0.15, 0.2) is 36.5 Å². The van der Waals surface area contributed by atoms with Crippen molar-refractivity contribution in [1.82, 2.24) is 14.7 Å². The zero-order valence-electron chi connectivity index (χ0n) is 14.3. The van der Waals surface area contributed by atoms with Crippen LogP contribution < -0.4 is 0 Å². The van der Waals surface area contributed by atoms with Crippen LogP contribution in [0.2, 0.25) is 0 Å². The summed E-state index contributed by atoms with van der Waals surface area (Å²) < 4.78 is 1.81. The second kappa shape index (κ2) is 6.96. The Bertz CT molecular complexity index is 657. The molecule has 2 aromatic rings. The lowest BCUT2D eigenvalue weighted by atomic mass is 10.1. The average molecular weight is 315 g/mol. The summed E-state index contributed by atoms with van der Waals surface area (Å²) in [7, 11) is 0. The SMILES string of the molecule is CCc1c(C(=O)N(CC)CC(C)(C)O)cnn1-c1ccccc1. The van der Waals surface area contributed by atoms with Gasteiger partial charge in [-0.3, -0.25) is 4.79 Å². The molecule has 124 valence electrons. The average Bonchev–Trinajstić information content (AvgIpc) is 2.95. The van der Waals surface area contributed by atoms with Gasteiger partial charge in [-0.25, -0.2) is 4.68 Å². The number of nitrogens with zero attached hydrogens (tertiary/aromatic N) is 3. The number of hydrogen-bond donors (Lipinski definition) is 1. The first-order valence-electron chi connectivity index (χ1n) is 8.01. The highest BCUT2D eigenvalue weighted by molar-refractivity contribution is 5.95. The molecule has 5 heteroatoms. The van der Waals surface area contributed by atoms with Crippen LogP contribution in [0.4, 0.5) is 0 Å². The molecule has 0 bridgehead atoms. The number of benzene rings is 1. The highest BCUT2D eigenvalue weighted by Gasteiger charge is 2.25. The van der Waals surface area contributed by atoms with Gasteiger partial charge in [0.2, 0.25) is 0 Å². The van der Waals surface area contributed by atoms with Gasteiger partial charge in [0.05, 0.1) is 28.7 Å². The van der Waals surface area contributed by atoms with E-state index in [2.05, 4.69) is 5.10 Å². The Morgan fingerprint density at radius 1 is 1.26 bits per heavy atom. The summed E-state index contributed by atoms with van der Waals surface area (Å²) in [6.45, 7) is 8.18. The molecule has 5 nitrogen and oxygen atoms in total. The van der Waals surface area contributed by atoms with Crippen LogP contribution in [0.3, 0.4) is 0 Å². The van der Waals surface area contributed by atoms with Crippen molar-refractivity contribution in [1.29, 1.82) is 0 Å². The Kier molecular flexibility index (Phi) is 5.21. The van der Waals surface area contributed by atoms with E-state index in [9.17, 15) is 9.90 Å². The number of aromatic nitrogens is 2. The van der Waals surface area contributed by atoms with Crippen LogP contribution in [-0.4, -0.2) is 44.4 Å². The fourth-order valence-electron chi connectivity index (χ4n) is 2.65. The molecule has 1 heterocycles. The van der Waals surface area contributed by atoms with E-state index in [-0.39, 0.29) is 5.91 Å². The van der Waals surface area contributed by atoms with Crippen molar-refractivity contribution in [2.75, 3.05) is 13.1 Å². The van der Waals surface area contributed by atoms with Crippen molar-refractivity contribution in [3.63, 3.8) is 0 Å². The third-order valence-electron chi connectivity index (χ3n) is 3.68. The van der Waals surface area contributed by atoms with Crippen molar-refractivity contribution < 1.29 is 9.90 Å². The Labute approximate surface area is 137 Å². The highest BCUT2D eigenvalue weighted by Crippen LogP contribution is 2.18. The first kappa shape index (κ1) is 17.2. The minimum absolute atomic E-state index is 0.0892. The second-order valence-corrected chi connectivity index (χ2v) is 6.24. The highest BCUT2D eigenvalue weighted by atomic mass is 16.3. The maximum atomic E-state index is 12.8. The van der Waals surface area contributed by atoms with Crippen LogP contribution in [-0.2, 0) is 6.42 Å². The number of likely N-dealkylation sites (N-methyl/N-ethyl adjacent to an activating group) is 1. The molecule has 1 N–H and O–H groups in total. The van der Waals surface area contributed by atoms with Gasteiger partial charge in [-0.2, -0.15) is 5.10 Å². The molecule has 0 aliphatic rings. The first-order chi connectivity index (χ1) is 10.9. The molecule has 0 saturated heterocycles. The molecular weight excluding hydrogens is 290 g/mol. The maximum absolute atomic E-state index is 12.8. The van der Waals surface area contributed by atoms with Gasteiger partial charge in [-0.05, 0) is 39.3 Å². The number of rotatable bonds is 6. The normalized spacial score (nSPS) is 11.5. The molecule has 0 unspecified atom stereocenters. The van der Waals surface area contributed by atoms with Crippen molar-refractivity contribution in [3.8, 4) is 5.69 Å². The van der Waals surface area contributed by atoms with E-state index < -0.39 is 5.60 Å². The van der Waals surface area contributed by atoms with Gasteiger partial charge in [0.1, 0.15) is 0 Å². The zero-order valence-corrected chi connectivity index (χ0v) is 14.3. The van der Waals surface area contributed by atoms with Crippen LogP contribution in [0.1, 0.15) is 43.7 Å². The van der Waals surface area contributed by atoms with E-state index in [1.807, 2.05) is 48.9 Å². The molecule has 0 fully saturated rings. The van der Waals surface area contributed by atoms with E-state index in [4.69, 9.17) is 0 Å². The van der Waals surface area contributed by atoms with Crippen molar-refractivity contribution >= 4 is 5.91 Å². The van der Waals surface area contributed by atoms with Crippen LogP contribution in [0.25, 0.3) is 5.69 Å². The van der Waals surface area contributed by atoms with Crippen LogP contribution in [0.5, 0.6) is 0 Å². The minimum Gasteiger partial charge on any atom is -0.389 e. The Morgan fingerprint density at radius 3 is 2.43 bits per heavy atom. The number of carbonyl (C=O) groups excluding carboxylic acids is 1. The van der Waals surface area contributed by atoms with E-state index >= 15 is 0 Å². The fraction of sp³-hybridized carbons (Fsp3) is 0.444. The van der Waals surface area contributed by atoms with Gasteiger partial charge in [-0.15, -0.1) is 0 Å². The lowest BCUT2D eigenvalue weighted by Gasteiger charge is -2.28. The van der Waals surface area contributed by atoms with Gasteiger partial charge >= 0.3 is 0 Å². The third kappa shape index (κ3) is 3.99. The summed E-state index contributed by atoms with van der Waals surface area (Å²) in [5.41, 5.74) is 1.50. The molecule has 0 saturated carbocycles. The standard InChI is InChI=1S/C18H25N3O2/c1-5-16-15(17(22)20(6-2)13-18(3,4)23)12-19-21(16)14-10-8-7-9-11-14/h7-12,23H,5-6,13H2,1-4H3. The van der Waals surface area contributed by atoms with Gasteiger partial charge in [0.25, 0.3) is 5.91 Å². The van der Waals surface area contributed by atoms with Gasteiger partial charge in [0.15, 0.2) is 0 Å². The second-order valence-electron chi connectivity index (χ2n) is 6.24. The molecule has 1 aromatic heterocycles. The Morgan fingerprint density at radius 2 is 1.91 bits per heavy atom. The minimum atomic E-state index is -0.923. The maximum Gasteiger partial charge on any atom is 0.257 e. The van der Waals surface area contributed by atoms with E-state index in [0.717, 1.165) is 11.4 Å². The summed E-state index contributed by atoms with van der Waals surface area (Å²) >= 11 is 0. The summed E-state index contributed by atoms with van der Waals surface area (Å²) in [6, 6.07) is 9.78. The predicted molar refractivity (Wildman–Crippen MR) is 90.8 cm³/mol. The Balaban J connectivity index is 2.36. The number of para-hydroxylation sites is 1. The van der Waals surface area contributed by atoms with E-state index in [1.165, 1.54) is 0 Å². The molecule has 1 aromatic carbocycles. The number of aliphatic hydroxyl groups is 1. The fourth-order valence-corrected chi connectivity index (χ4v) is 2.65.